The Balaban J connectivity index is 1.82. The van der Waals surface area contributed by atoms with Gasteiger partial charge >= 0.3 is 0 Å². The van der Waals surface area contributed by atoms with Crippen molar-refractivity contribution in [2.75, 3.05) is 23.9 Å². The van der Waals surface area contributed by atoms with Crippen LogP contribution in [0.3, 0.4) is 0 Å². The van der Waals surface area contributed by atoms with Crippen LogP contribution in [0.4, 0.5) is 11.4 Å². The molecule has 1 N–H and O–H groups in total. The third kappa shape index (κ3) is 3.95. The largest absolute Gasteiger partial charge is 0.497 e. The number of hydrogen-bond donors (Lipinski definition) is 1. The van der Waals surface area contributed by atoms with Gasteiger partial charge in [-0.1, -0.05) is 48.0 Å². The third-order valence-corrected chi connectivity index (χ3v) is 5.18. The number of carbonyl (C=O) groups excluding carboxylic acids is 2. The highest BCUT2D eigenvalue weighted by Crippen LogP contribution is 2.36. The fraction of sp³-hybridized carbons (Fsp3) is 0.154. The van der Waals surface area contributed by atoms with Gasteiger partial charge in [-0.15, -0.1) is 0 Å². The van der Waals surface area contributed by atoms with E-state index in [1.807, 2.05) is 62.4 Å². The maximum Gasteiger partial charge on any atom is 0.282 e. The molecule has 1 aliphatic rings. The zero-order valence-electron chi connectivity index (χ0n) is 18.2. The predicted molar refractivity (Wildman–Crippen MR) is 125 cm³/mol. The third-order valence-electron chi connectivity index (χ3n) is 5.18. The first kappa shape index (κ1) is 21.2. The number of ether oxygens (including phenoxy) is 2. The molecule has 3 aromatic rings. The van der Waals surface area contributed by atoms with Gasteiger partial charge in [-0.3, -0.25) is 9.59 Å². The molecule has 0 fully saturated rings. The molecule has 0 aliphatic carbocycles. The number of imide groups is 1. The van der Waals surface area contributed by atoms with Crippen molar-refractivity contribution in [3.8, 4) is 11.5 Å². The van der Waals surface area contributed by atoms with Crippen molar-refractivity contribution in [3.63, 3.8) is 0 Å². The lowest BCUT2D eigenvalue weighted by Crippen LogP contribution is -2.32. The first-order valence-electron chi connectivity index (χ1n) is 10.4. The molecule has 162 valence electrons. The number of nitrogens with one attached hydrogen (secondary N) is 1. The van der Waals surface area contributed by atoms with Gasteiger partial charge in [-0.2, -0.15) is 0 Å². The van der Waals surface area contributed by atoms with Crippen LogP contribution >= 0.6 is 0 Å². The molecular formula is C26H24N2O4. The fourth-order valence-electron chi connectivity index (χ4n) is 3.60. The van der Waals surface area contributed by atoms with Crippen LogP contribution in [0.1, 0.15) is 18.1 Å². The summed E-state index contributed by atoms with van der Waals surface area (Å²) in [6, 6.07) is 21.8. The van der Waals surface area contributed by atoms with Crippen LogP contribution in [0.2, 0.25) is 0 Å². The average Bonchev–Trinajstić information content (AvgIpc) is 3.05. The second-order valence-electron chi connectivity index (χ2n) is 7.32. The molecule has 0 radical (unpaired) electrons. The SMILES string of the molecule is CCOc1ccccc1NC1=C(c2ccc(C)cc2)C(=O)N(c2cccc(OC)c2)C1=O. The molecule has 3 aromatic carbocycles. The van der Waals surface area contributed by atoms with E-state index in [1.165, 1.54) is 4.90 Å². The first-order valence-corrected chi connectivity index (χ1v) is 10.4. The van der Waals surface area contributed by atoms with E-state index in [-0.39, 0.29) is 5.70 Å². The second-order valence-corrected chi connectivity index (χ2v) is 7.32. The molecule has 0 saturated heterocycles. The van der Waals surface area contributed by atoms with Gasteiger partial charge < -0.3 is 14.8 Å². The summed E-state index contributed by atoms with van der Waals surface area (Å²) >= 11 is 0. The minimum absolute atomic E-state index is 0.203. The van der Waals surface area contributed by atoms with Gasteiger partial charge in [0.25, 0.3) is 11.8 Å². The van der Waals surface area contributed by atoms with Gasteiger partial charge in [0.2, 0.25) is 0 Å². The van der Waals surface area contributed by atoms with E-state index < -0.39 is 11.8 Å². The van der Waals surface area contributed by atoms with E-state index >= 15 is 0 Å². The predicted octanol–water partition coefficient (Wildman–Crippen LogP) is 4.80. The van der Waals surface area contributed by atoms with Crippen LogP contribution in [0.15, 0.2) is 78.5 Å². The standard InChI is InChI=1S/C26H24N2O4/c1-4-32-22-11-6-5-10-21(22)27-24-23(18-14-12-17(2)13-15-18)25(29)28(26(24)30)19-8-7-9-20(16-19)31-3/h5-16,27H,4H2,1-3H3. The molecule has 0 unspecified atom stereocenters. The molecule has 0 spiro atoms. The molecule has 0 aromatic heterocycles. The van der Waals surface area contributed by atoms with Crippen LogP contribution < -0.4 is 19.7 Å². The maximum atomic E-state index is 13.5. The Morgan fingerprint density at radius 2 is 1.66 bits per heavy atom. The fourth-order valence-corrected chi connectivity index (χ4v) is 3.60. The molecule has 6 heteroatoms. The monoisotopic (exact) mass is 428 g/mol. The summed E-state index contributed by atoms with van der Waals surface area (Å²) in [5.74, 6) is 0.322. The minimum Gasteiger partial charge on any atom is -0.497 e. The van der Waals surface area contributed by atoms with Gasteiger partial charge in [0, 0.05) is 6.07 Å². The number of anilines is 2. The summed E-state index contributed by atoms with van der Waals surface area (Å²) in [5.41, 5.74) is 3.29. The summed E-state index contributed by atoms with van der Waals surface area (Å²) in [7, 11) is 1.54. The number of aryl methyl sites for hydroxylation is 1. The van der Waals surface area contributed by atoms with Crippen LogP contribution in [0, 0.1) is 6.92 Å². The number of para-hydroxylation sites is 2. The van der Waals surface area contributed by atoms with E-state index in [9.17, 15) is 9.59 Å². The number of carbonyl (C=O) groups is 2. The Morgan fingerprint density at radius 1 is 0.906 bits per heavy atom. The number of rotatable bonds is 7. The lowest BCUT2D eigenvalue weighted by Gasteiger charge is -2.16. The molecule has 4 rings (SSSR count). The van der Waals surface area contributed by atoms with Crippen LogP contribution in [-0.4, -0.2) is 25.5 Å². The number of benzene rings is 3. The normalized spacial score (nSPS) is 13.5. The Kier molecular flexibility index (Phi) is 5.94. The molecular weight excluding hydrogens is 404 g/mol. The van der Waals surface area contributed by atoms with Crippen molar-refractivity contribution in [1.82, 2.24) is 0 Å². The van der Waals surface area contributed by atoms with Crippen LogP contribution in [-0.2, 0) is 9.59 Å². The highest BCUT2D eigenvalue weighted by Gasteiger charge is 2.40. The molecule has 0 bridgehead atoms. The first-order chi connectivity index (χ1) is 15.5. The van der Waals surface area contributed by atoms with Crippen molar-refractivity contribution in [2.45, 2.75) is 13.8 Å². The molecule has 6 nitrogen and oxygen atoms in total. The van der Waals surface area contributed by atoms with Gasteiger partial charge in [0.05, 0.1) is 30.7 Å². The summed E-state index contributed by atoms with van der Waals surface area (Å²) in [4.78, 5) is 28.3. The quantitative estimate of drug-likeness (QED) is 0.548. The second kappa shape index (κ2) is 8.98. The maximum absolute atomic E-state index is 13.5. The smallest absolute Gasteiger partial charge is 0.282 e. The molecule has 0 saturated carbocycles. The van der Waals surface area contributed by atoms with Crippen molar-refractivity contribution in [3.05, 3.63) is 89.6 Å². The average molecular weight is 428 g/mol. The Hall–Kier alpha value is -4.06. The summed E-state index contributed by atoms with van der Waals surface area (Å²) < 4.78 is 11.0. The van der Waals surface area contributed by atoms with Gasteiger partial charge in [0.1, 0.15) is 17.2 Å². The Labute approximate surface area is 187 Å². The molecule has 32 heavy (non-hydrogen) atoms. The molecule has 1 heterocycles. The summed E-state index contributed by atoms with van der Waals surface area (Å²) in [6.07, 6.45) is 0. The van der Waals surface area contributed by atoms with E-state index in [0.29, 0.717) is 40.6 Å². The van der Waals surface area contributed by atoms with E-state index in [0.717, 1.165) is 5.56 Å². The summed E-state index contributed by atoms with van der Waals surface area (Å²) in [5, 5.41) is 3.18. The topological polar surface area (TPSA) is 67.9 Å². The molecule has 1 aliphatic heterocycles. The Morgan fingerprint density at radius 3 is 2.38 bits per heavy atom. The van der Waals surface area contributed by atoms with Crippen molar-refractivity contribution in [1.29, 1.82) is 0 Å². The van der Waals surface area contributed by atoms with Crippen molar-refractivity contribution < 1.29 is 19.1 Å². The van der Waals surface area contributed by atoms with Crippen LogP contribution in [0.25, 0.3) is 5.57 Å². The van der Waals surface area contributed by atoms with Crippen molar-refractivity contribution in [2.24, 2.45) is 0 Å². The highest BCUT2D eigenvalue weighted by atomic mass is 16.5. The van der Waals surface area contributed by atoms with Gasteiger partial charge in [-0.25, -0.2) is 4.90 Å². The van der Waals surface area contributed by atoms with Gasteiger partial charge in [0.15, 0.2) is 0 Å². The van der Waals surface area contributed by atoms with E-state index in [2.05, 4.69) is 5.32 Å². The minimum atomic E-state index is -0.440. The molecule has 0 atom stereocenters. The number of hydrogen-bond acceptors (Lipinski definition) is 5. The number of amides is 2. The highest BCUT2D eigenvalue weighted by molar-refractivity contribution is 6.46. The molecule has 2 amide bonds. The van der Waals surface area contributed by atoms with E-state index in [4.69, 9.17) is 9.47 Å². The van der Waals surface area contributed by atoms with Crippen LogP contribution in [0.5, 0.6) is 11.5 Å². The number of nitrogens with zero attached hydrogens (tertiary/aromatic N) is 1. The zero-order valence-corrected chi connectivity index (χ0v) is 18.2. The number of methoxy groups -OCH3 is 1. The lowest BCUT2D eigenvalue weighted by molar-refractivity contribution is -0.120. The Bertz CT molecular complexity index is 1200. The van der Waals surface area contributed by atoms with Gasteiger partial charge in [-0.05, 0) is 43.7 Å². The summed E-state index contributed by atoms with van der Waals surface area (Å²) in [6.45, 7) is 4.34. The van der Waals surface area contributed by atoms with E-state index in [1.54, 1.807) is 31.4 Å². The van der Waals surface area contributed by atoms with Crippen molar-refractivity contribution >= 4 is 28.8 Å². The lowest BCUT2D eigenvalue weighted by atomic mass is 10.0. The zero-order chi connectivity index (χ0) is 22.7.